The van der Waals surface area contributed by atoms with Crippen molar-refractivity contribution < 1.29 is 24.4 Å². The molecule has 2 N–H and O–H groups in total. The molecule has 0 spiro atoms. The fourth-order valence-electron chi connectivity index (χ4n) is 3.04. The molecule has 2 amide bonds. The number of thiocarbonyl (C=S) groups is 1. The van der Waals surface area contributed by atoms with Gasteiger partial charge in [0, 0.05) is 6.07 Å². The number of hydrogen-bond acceptors (Lipinski definition) is 7. The largest absolute Gasteiger partial charge is 0.500 e. The zero-order valence-electron chi connectivity index (χ0n) is 16.7. The summed E-state index contributed by atoms with van der Waals surface area (Å²) in [5.74, 6) is -2.17. The molecule has 1 aliphatic rings. The van der Waals surface area contributed by atoms with E-state index in [4.69, 9.17) is 17.0 Å². The summed E-state index contributed by atoms with van der Waals surface area (Å²) in [6.07, 6.45) is 2.02. The molecule has 2 aromatic carbocycles. The summed E-state index contributed by atoms with van der Waals surface area (Å²) in [5, 5.41) is 23.7. The summed E-state index contributed by atoms with van der Waals surface area (Å²) in [4.78, 5) is 37.2. The molecule has 1 saturated heterocycles. The summed E-state index contributed by atoms with van der Waals surface area (Å²) < 4.78 is 5.24. The van der Waals surface area contributed by atoms with Crippen molar-refractivity contribution in [1.29, 1.82) is 0 Å². The van der Waals surface area contributed by atoms with E-state index in [2.05, 4.69) is 5.32 Å². The van der Waals surface area contributed by atoms with Crippen LogP contribution in [0.2, 0.25) is 0 Å². The van der Waals surface area contributed by atoms with Crippen LogP contribution in [0.15, 0.2) is 42.0 Å². The first-order chi connectivity index (χ1) is 14.8. The minimum Gasteiger partial charge on any atom is -0.500 e. The fraction of sp³-hybridized carbons (Fsp3) is 0.190. The van der Waals surface area contributed by atoms with Crippen molar-refractivity contribution in [2.75, 3.05) is 11.5 Å². The van der Waals surface area contributed by atoms with E-state index in [0.717, 1.165) is 18.1 Å². The maximum absolute atomic E-state index is 13.1. The number of phenols is 1. The molecule has 1 fully saturated rings. The quantitative estimate of drug-likeness (QED) is 0.232. The summed E-state index contributed by atoms with van der Waals surface area (Å²) in [6.45, 7) is 3.80. The zero-order chi connectivity index (χ0) is 22.7. The van der Waals surface area contributed by atoms with Crippen LogP contribution in [-0.2, 0) is 16.0 Å². The van der Waals surface area contributed by atoms with Gasteiger partial charge in [0.2, 0.25) is 5.75 Å². The number of ether oxygens (including phenoxy) is 1. The van der Waals surface area contributed by atoms with Crippen molar-refractivity contribution in [1.82, 2.24) is 5.32 Å². The van der Waals surface area contributed by atoms with E-state index in [1.165, 1.54) is 17.0 Å². The van der Waals surface area contributed by atoms with Gasteiger partial charge in [-0.3, -0.25) is 29.9 Å². The average molecular weight is 441 g/mol. The number of rotatable bonds is 6. The van der Waals surface area contributed by atoms with E-state index in [1.807, 2.05) is 19.1 Å². The Bertz CT molecular complexity index is 1110. The van der Waals surface area contributed by atoms with Crippen molar-refractivity contribution in [2.24, 2.45) is 0 Å². The Labute approximate surface area is 183 Å². The second-order valence-corrected chi connectivity index (χ2v) is 6.94. The molecule has 0 radical (unpaired) electrons. The van der Waals surface area contributed by atoms with Crippen molar-refractivity contribution in [3.05, 3.63) is 63.2 Å². The van der Waals surface area contributed by atoms with Crippen LogP contribution in [0.5, 0.6) is 11.5 Å². The highest BCUT2D eigenvalue weighted by atomic mass is 32.1. The fourth-order valence-corrected chi connectivity index (χ4v) is 3.32. The summed E-state index contributed by atoms with van der Waals surface area (Å²) in [6, 6.07) is 9.50. The molecule has 0 bridgehead atoms. The molecule has 0 atom stereocenters. The number of benzene rings is 2. The van der Waals surface area contributed by atoms with Crippen LogP contribution in [0.25, 0.3) is 6.08 Å². The lowest BCUT2D eigenvalue weighted by atomic mass is 10.1. The van der Waals surface area contributed by atoms with E-state index >= 15 is 0 Å². The molecule has 9 nitrogen and oxygen atoms in total. The Hall–Kier alpha value is -3.79. The van der Waals surface area contributed by atoms with Crippen LogP contribution in [0.1, 0.15) is 25.0 Å². The molecular weight excluding hydrogens is 422 g/mol. The second-order valence-electron chi connectivity index (χ2n) is 6.55. The van der Waals surface area contributed by atoms with Gasteiger partial charge in [0.05, 0.1) is 17.2 Å². The Kier molecular flexibility index (Phi) is 6.30. The predicted octanol–water partition coefficient (Wildman–Crippen LogP) is 3.09. The van der Waals surface area contributed by atoms with Gasteiger partial charge in [0.25, 0.3) is 11.8 Å². The Morgan fingerprint density at radius 3 is 2.48 bits per heavy atom. The van der Waals surface area contributed by atoms with Gasteiger partial charge in [-0.2, -0.15) is 0 Å². The Balaban J connectivity index is 2.06. The van der Waals surface area contributed by atoms with Gasteiger partial charge in [-0.25, -0.2) is 0 Å². The lowest BCUT2D eigenvalue weighted by molar-refractivity contribution is -0.386. The molecular formula is C21H19N3O6S. The van der Waals surface area contributed by atoms with Crippen molar-refractivity contribution in [3.63, 3.8) is 0 Å². The number of nitrogens with one attached hydrogen (secondary N) is 1. The topological polar surface area (TPSA) is 122 Å². The maximum Gasteiger partial charge on any atom is 0.315 e. The number of nitro groups is 1. The highest BCUT2D eigenvalue weighted by Gasteiger charge is 2.34. The van der Waals surface area contributed by atoms with Crippen molar-refractivity contribution >= 4 is 46.6 Å². The van der Waals surface area contributed by atoms with Gasteiger partial charge in [-0.05, 0) is 61.0 Å². The van der Waals surface area contributed by atoms with E-state index in [1.54, 1.807) is 19.1 Å². The van der Waals surface area contributed by atoms with Gasteiger partial charge in [-0.1, -0.05) is 19.1 Å². The van der Waals surface area contributed by atoms with Gasteiger partial charge < -0.3 is 9.84 Å². The lowest BCUT2D eigenvalue weighted by Gasteiger charge is -2.29. The van der Waals surface area contributed by atoms with Crippen LogP contribution in [0.4, 0.5) is 11.4 Å². The number of carbonyl (C=O) groups excluding carboxylic acids is 2. The van der Waals surface area contributed by atoms with Gasteiger partial charge in [0.15, 0.2) is 10.9 Å². The first-order valence-electron chi connectivity index (χ1n) is 9.41. The van der Waals surface area contributed by atoms with Gasteiger partial charge >= 0.3 is 5.69 Å². The molecule has 31 heavy (non-hydrogen) atoms. The maximum atomic E-state index is 13.1. The molecule has 0 aromatic heterocycles. The SMILES string of the molecule is CCOc1cc(/C=C2\C(=O)NC(=S)N(c3ccc(CC)cc3)C2=O)cc([N+](=O)[O-])c1O. The predicted molar refractivity (Wildman–Crippen MR) is 118 cm³/mol. The minimum atomic E-state index is -0.778. The molecule has 10 heteroatoms. The highest BCUT2D eigenvalue weighted by molar-refractivity contribution is 7.80. The molecule has 0 unspecified atom stereocenters. The standard InChI is InChI=1S/C21H19N3O6S/c1-3-12-5-7-14(8-6-12)23-20(27)15(19(26)22-21(23)31)9-13-10-16(24(28)29)18(25)17(11-13)30-4-2/h5-11,25H,3-4H2,1-2H3,(H,22,26,31)/b15-9+. The Morgan fingerprint density at radius 1 is 1.23 bits per heavy atom. The normalized spacial score (nSPS) is 15.2. The smallest absolute Gasteiger partial charge is 0.315 e. The summed E-state index contributed by atoms with van der Waals surface area (Å²) >= 11 is 5.17. The van der Waals surface area contributed by atoms with Crippen LogP contribution in [0.3, 0.4) is 0 Å². The molecule has 2 aromatic rings. The molecule has 0 saturated carbocycles. The second kappa shape index (κ2) is 8.92. The van der Waals surface area contributed by atoms with Crippen molar-refractivity contribution in [2.45, 2.75) is 20.3 Å². The third kappa shape index (κ3) is 4.38. The number of aryl methyl sites for hydroxylation is 1. The number of amides is 2. The number of carbonyl (C=O) groups is 2. The molecule has 0 aliphatic carbocycles. The molecule has 160 valence electrons. The van der Waals surface area contributed by atoms with E-state index in [0.29, 0.717) is 5.69 Å². The van der Waals surface area contributed by atoms with Crippen LogP contribution >= 0.6 is 12.2 Å². The monoisotopic (exact) mass is 441 g/mol. The number of phenolic OH excluding ortho intramolecular Hbond substituents is 1. The summed E-state index contributed by atoms with van der Waals surface area (Å²) in [5.41, 5.74) is 0.809. The first kappa shape index (κ1) is 21.9. The Morgan fingerprint density at radius 2 is 1.90 bits per heavy atom. The van der Waals surface area contributed by atoms with Gasteiger partial charge in [0.1, 0.15) is 5.57 Å². The van der Waals surface area contributed by atoms with E-state index in [9.17, 15) is 24.8 Å². The van der Waals surface area contributed by atoms with Crippen LogP contribution in [-0.4, -0.2) is 33.6 Å². The van der Waals surface area contributed by atoms with Crippen molar-refractivity contribution in [3.8, 4) is 11.5 Å². The lowest BCUT2D eigenvalue weighted by Crippen LogP contribution is -2.54. The minimum absolute atomic E-state index is 0.0666. The first-order valence-corrected chi connectivity index (χ1v) is 9.82. The highest BCUT2D eigenvalue weighted by Crippen LogP contribution is 2.38. The number of nitrogens with zero attached hydrogens (tertiary/aromatic N) is 2. The van der Waals surface area contributed by atoms with E-state index in [-0.39, 0.29) is 28.6 Å². The van der Waals surface area contributed by atoms with Crippen LogP contribution < -0.4 is 15.0 Å². The van der Waals surface area contributed by atoms with Gasteiger partial charge in [-0.15, -0.1) is 0 Å². The number of nitro benzene ring substituents is 1. The number of anilines is 1. The number of hydrogen-bond donors (Lipinski definition) is 2. The molecule has 1 heterocycles. The molecule has 3 rings (SSSR count). The number of aromatic hydroxyl groups is 1. The third-order valence-electron chi connectivity index (χ3n) is 4.59. The molecule has 1 aliphatic heterocycles. The third-order valence-corrected chi connectivity index (χ3v) is 4.87. The zero-order valence-corrected chi connectivity index (χ0v) is 17.6. The summed E-state index contributed by atoms with van der Waals surface area (Å²) in [7, 11) is 0. The average Bonchev–Trinajstić information content (AvgIpc) is 2.73. The van der Waals surface area contributed by atoms with E-state index < -0.39 is 28.2 Å². The van der Waals surface area contributed by atoms with Crippen LogP contribution in [0, 0.1) is 10.1 Å².